The molecule has 2 heterocycles. The van der Waals surface area contributed by atoms with Gasteiger partial charge in [-0.05, 0) is 28.7 Å². The summed E-state index contributed by atoms with van der Waals surface area (Å²) in [5, 5.41) is 7.90. The smallest absolute Gasteiger partial charge is 0.152 e. The molecule has 1 aliphatic heterocycles. The van der Waals surface area contributed by atoms with Crippen LogP contribution in [0, 0.1) is 9.39 Å². The fourth-order valence-corrected chi connectivity index (χ4v) is 2.59. The molecule has 0 spiro atoms. The Kier molecular flexibility index (Phi) is 2.84. The van der Waals surface area contributed by atoms with Gasteiger partial charge in [0.25, 0.3) is 0 Å². The van der Waals surface area contributed by atoms with Crippen LogP contribution in [-0.2, 0) is 13.1 Å². The Labute approximate surface area is 117 Å². The minimum Gasteiger partial charge on any atom is -0.397 e. The van der Waals surface area contributed by atoms with E-state index < -0.39 is 0 Å². The maximum Gasteiger partial charge on any atom is 0.152 e. The Bertz CT molecular complexity index is 597. The Morgan fingerprint density at radius 2 is 2.17 bits per heavy atom. The van der Waals surface area contributed by atoms with E-state index in [9.17, 15) is 4.39 Å². The SMILES string of the molecule is Nc1cc(I)c(F)cc1N1CCn2cnnc2C1. The van der Waals surface area contributed by atoms with Crippen LogP contribution in [-0.4, -0.2) is 21.3 Å². The second kappa shape index (κ2) is 4.38. The molecule has 1 aromatic carbocycles. The maximum absolute atomic E-state index is 13.6. The number of hydrogen-bond acceptors (Lipinski definition) is 4. The van der Waals surface area contributed by atoms with Crippen molar-refractivity contribution in [3.63, 3.8) is 0 Å². The molecular weight excluding hydrogens is 348 g/mol. The van der Waals surface area contributed by atoms with E-state index in [0.717, 1.165) is 24.6 Å². The molecule has 0 saturated carbocycles. The first-order valence-corrected chi connectivity index (χ1v) is 6.59. The van der Waals surface area contributed by atoms with Crippen molar-refractivity contribution in [2.75, 3.05) is 17.2 Å². The molecule has 7 heteroatoms. The zero-order valence-corrected chi connectivity index (χ0v) is 11.6. The van der Waals surface area contributed by atoms with Crippen LogP contribution in [0.2, 0.25) is 0 Å². The van der Waals surface area contributed by atoms with Gasteiger partial charge in [0, 0.05) is 19.2 Å². The Balaban J connectivity index is 1.95. The van der Waals surface area contributed by atoms with Crippen LogP contribution < -0.4 is 10.6 Å². The van der Waals surface area contributed by atoms with Gasteiger partial charge in [-0.25, -0.2) is 4.39 Å². The number of halogens is 2. The molecule has 0 amide bonds. The van der Waals surface area contributed by atoms with Crippen molar-refractivity contribution in [3.8, 4) is 0 Å². The minimum absolute atomic E-state index is 0.244. The number of hydrogen-bond donors (Lipinski definition) is 1. The third kappa shape index (κ3) is 1.92. The topological polar surface area (TPSA) is 60.0 Å². The fraction of sp³-hybridized carbons (Fsp3) is 0.273. The summed E-state index contributed by atoms with van der Waals surface area (Å²) in [6, 6.07) is 3.15. The van der Waals surface area contributed by atoms with Crippen molar-refractivity contribution in [3.05, 3.63) is 33.7 Å². The monoisotopic (exact) mass is 359 g/mol. The maximum atomic E-state index is 13.6. The normalized spacial score (nSPS) is 14.7. The molecule has 5 nitrogen and oxygen atoms in total. The highest BCUT2D eigenvalue weighted by atomic mass is 127. The summed E-state index contributed by atoms with van der Waals surface area (Å²) in [5.41, 5.74) is 7.28. The van der Waals surface area contributed by atoms with Crippen molar-refractivity contribution in [2.24, 2.45) is 0 Å². The molecule has 1 aliphatic rings. The molecule has 0 fully saturated rings. The van der Waals surface area contributed by atoms with E-state index in [1.807, 2.05) is 32.1 Å². The van der Waals surface area contributed by atoms with E-state index in [0.29, 0.717) is 15.8 Å². The highest BCUT2D eigenvalue weighted by Gasteiger charge is 2.20. The summed E-state index contributed by atoms with van der Waals surface area (Å²) >= 11 is 1.94. The second-order valence-corrected chi connectivity index (χ2v) is 5.35. The fourth-order valence-electron chi connectivity index (χ4n) is 2.10. The number of benzene rings is 1. The summed E-state index contributed by atoms with van der Waals surface area (Å²) in [7, 11) is 0. The zero-order valence-electron chi connectivity index (χ0n) is 9.48. The van der Waals surface area contributed by atoms with E-state index in [2.05, 4.69) is 10.2 Å². The lowest BCUT2D eigenvalue weighted by molar-refractivity contribution is 0.557. The summed E-state index contributed by atoms with van der Waals surface area (Å²) in [4.78, 5) is 2.03. The molecule has 3 rings (SSSR count). The van der Waals surface area contributed by atoms with Crippen LogP contribution >= 0.6 is 22.6 Å². The van der Waals surface area contributed by atoms with Crippen LogP contribution in [0.25, 0.3) is 0 Å². The average molecular weight is 359 g/mol. The molecular formula is C11H11FIN5. The molecule has 0 bridgehead atoms. The number of aromatic nitrogens is 3. The van der Waals surface area contributed by atoms with E-state index in [1.165, 1.54) is 6.07 Å². The Morgan fingerprint density at radius 1 is 1.33 bits per heavy atom. The molecule has 0 aliphatic carbocycles. The number of nitrogens with two attached hydrogens (primary N) is 1. The average Bonchev–Trinajstić information content (AvgIpc) is 2.80. The standard InChI is InChI=1S/C11H11FIN5/c12-7-3-10(9(14)4-8(7)13)17-1-2-18-6-15-16-11(18)5-17/h3-4,6H,1-2,5,14H2. The van der Waals surface area contributed by atoms with Crippen LogP contribution in [0.15, 0.2) is 18.5 Å². The van der Waals surface area contributed by atoms with Gasteiger partial charge >= 0.3 is 0 Å². The summed E-state index contributed by atoms with van der Waals surface area (Å²) in [6.45, 7) is 2.16. The van der Waals surface area contributed by atoms with Gasteiger partial charge in [0.1, 0.15) is 12.1 Å². The van der Waals surface area contributed by atoms with Crippen molar-refractivity contribution < 1.29 is 4.39 Å². The largest absolute Gasteiger partial charge is 0.397 e. The highest BCUT2D eigenvalue weighted by molar-refractivity contribution is 14.1. The molecule has 0 atom stereocenters. The van der Waals surface area contributed by atoms with Gasteiger partial charge in [-0.15, -0.1) is 10.2 Å². The van der Waals surface area contributed by atoms with Gasteiger partial charge in [-0.3, -0.25) is 0 Å². The van der Waals surface area contributed by atoms with Gasteiger partial charge in [0.05, 0.1) is 21.5 Å². The molecule has 0 unspecified atom stereocenters. The zero-order chi connectivity index (χ0) is 12.7. The third-order valence-electron chi connectivity index (χ3n) is 3.05. The first-order valence-electron chi connectivity index (χ1n) is 5.51. The summed E-state index contributed by atoms with van der Waals surface area (Å²) in [5.74, 6) is 0.631. The first kappa shape index (κ1) is 11.7. The molecule has 2 N–H and O–H groups in total. The molecule has 1 aromatic heterocycles. The van der Waals surface area contributed by atoms with E-state index in [1.54, 1.807) is 12.4 Å². The van der Waals surface area contributed by atoms with E-state index in [-0.39, 0.29) is 5.82 Å². The van der Waals surface area contributed by atoms with Crippen LogP contribution in [0.3, 0.4) is 0 Å². The lowest BCUT2D eigenvalue weighted by atomic mass is 10.2. The lowest BCUT2D eigenvalue weighted by Crippen LogP contribution is -2.34. The molecule has 94 valence electrons. The van der Waals surface area contributed by atoms with Gasteiger partial charge < -0.3 is 15.2 Å². The third-order valence-corrected chi connectivity index (χ3v) is 3.88. The van der Waals surface area contributed by atoms with Gasteiger partial charge in [0.2, 0.25) is 0 Å². The Hall–Kier alpha value is -1.38. The van der Waals surface area contributed by atoms with Gasteiger partial charge in [-0.1, -0.05) is 0 Å². The van der Waals surface area contributed by atoms with Crippen molar-refractivity contribution in [1.82, 2.24) is 14.8 Å². The molecule has 2 aromatic rings. The van der Waals surface area contributed by atoms with Crippen LogP contribution in [0.5, 0.6) is 0 Å². The van der Waals surface area contributed by atoms with Gasteiger partial charge in [0.15, 0.2) is 5.82 Å². The highest BCUT2D eigenvalue weighted by Crippen LogP contribution is 2.29. The number of nitrogens with zero attached hydrogens (tertiary/aromatic N) is 4. The number of fused-ring (bicyclic) bond motifs is 1. The van der Waals surface area contributed by atoms with Crippen molar-refractivity contribution >= 4 is 34.0 Å². The Morgan fingerprint density at radius 3 is 3.00 bits per heavy atom. The number of anilines is 2. The molecule has 18 heavy (non-hydrogen) atoms. The summed E-state index contributed by atoms with van der Waals surface area (Å²) in [6.07, 6.45) is 1.71. The van der Waals surface area contributed by atoms with E-state index >= 15 is 0 Å². The molecule has 0 saturated heterocycles. The second-order valence-electron chi connectivity index (χ2n) is 4.19. The van der Waals surface area contributed by atoms with Crippen molar-refractivity contribution in [2.45, 2.75) is 13.1 Å². The number of nitrogen functional groups attached to an aromatic ring is 1. The quantitative estimate of drug-likeness (QED) is 0.621. The predicted octanol–water partition coefficient (Wildman–Crippen LogP) is 1.62. The molecule has 0 radical (unpaired) electrons. The van der Waals surface area contributed by atoms with Crippen LogP contribution in [0.4, 0.5) is 15.8 Å². The lowest BCUT2D eigenvalue weighted by Gasteiger charge is -2.30. The first-order chi connectivity index (χ1) is 8.65. The summed E-state index contributed by atoms with van der Waals surface area (Å²) < 4.78 is 16.2. The minimum atomic E-state index is -0.244. The van der Waals surface area contributed by atoms with Crippen molar-refractivity contribution in [1.29, 1.82) is 0 Å². The van der Waals surface area contributed by atoms with Crippen LogP contribution in [0.1, 0.15) is 5.82 Å². The van der Waals surface area contributed by atoms with E-state index in [4.69, 9.17) is 5.73 Å². The van der Waals surface area contributed by atoms with Gasteiger partial charge in [-0.2, -0.15) is 0 Å². The predicted molar refractivity (Wildman–Crippen MR) is 74.6 cm³/mol. The number of rotatable bonds is 1.